The lowest BCUT2D eigenvalue weighted by molar-refractivity contribution is 0.398. The summed E-state index contributed by atoms with van der Waals surface area (Å²) in [4.78, 5) is 1.44. The fourth-order valence-electron chi connectivity index (χ4n) is 2.61. The van der Waals surface area contributed by atoms with Gasteiger partial charge in [-0.05, 0) is 51.4 Å². The van der Waals surface area contributed by atoms with Crippen LogP contribution in [0.1, 0.15) is 39.7 Å². The van der Waals surface area contributed by atoms with E-state index in [0.717, 1.165) is 12.0 Å². The van der Waals surface area contributed by atoms with Crippen molar-refractivity contribution in [3.63, 3.8) is 0 Å². The number of hydrogen-bond acceptors (Lipinski definition) is 3. The SMILES string of the molecule is CC(C)CC(C)(C)c1cc(Br)c(O)c(-n2nccn2)c1. The third-order valence-corrected chi connectivity index (χ3v) is 3.98. The Hall–Kier alpha value is -1.36. The van der Waals surface area contributed by atoms with E-state index in [9.17, 15) is 5.11 Å². The fraction of sp³-hybridized carbons (Fsp3) is 0.467. The Labute approximate surface area is 128 Å². The summed E-state index contributed by atoms with van der Waals surface area (Å²) < 4.78 is 0.666. The zero-order valence-corrected chi connectivity index (χ0v) is 13.8. The summed E-state index contributed by atoms with van der Waals surface area (Å²) in [5.74, 6) is 0.758. The minimum Gasteiger partial charge on any atom is -0.505 e. The number of phenols is 1. The highest BCUT2D eigenvalue weighted by molar-refractivity contribution is 9.10. The molecule has 1 aromatic carbocycles. The third-order valence-electron chi connectivity index (χ3n) is 3.38. The number of nitrogens with zero attached hydrogens (tertiary/aromatic N) is 3. The van der Waals surface area contributed by atoms with Crippen LogP contribution in [-0.4, -0.2) is 20.1 Å². The molecule has 0 aliphatic rings. The molecule has 2 rings (SSSR count). The zero-order chi connectivity index (χ0) is 14.9. The number of hydrogen-bond donors (Lipinski definition) is 1. The van der Waals surface area contributed by atoms with Crippen molar-refractivity contribution in [3.8, 4) is 11.4 Å². The second-order valence-electron chi connectivity index (χ2n) is 6.13. The Balaban J connectivity index is 2.52. The van der Waals surface area contributed by atoms with Crippen LogP contribution in [0.15, 0.2) is 29.0 Å². The van der Waals surface area contributed by atoms with Crippen molar-refractivity contribution in [1.29, 1.82) is 0 Å². The van der Waals surface area contributed by atoms with E-state index < -0.39 is 0 Å². The molecule has 2 aromatic rings. The van der Waals surface area contributed by atoms with E-state index >= 15 is 0 Å². The molecule has 5 heteroatoms. The Kier molecular flexibility index (Phi) is 4.18. The average molecular weight is 338 g/mol. The summed E-state index contributed by atoms with van der Waals surface area (Å²) in [7, 11) is 0. The summed E-state index contributed by atoms with van der Waals surface area (Å²) in [6.45, 7) is 8.86. The van der Waals surface area contributed by atoms with Crippen LogP contribution in [0, 0.1) is 5.92 Å². The Morgan fingerprint density at radius 2 is 1.85 bits per heavy atom. The molecule has 0 radical (unpaired) electrons. The molecule has 1 aromatic heterocycles. The molecule has 20 heavy (non-hydrogen) atoms. The molecule has 0 fully saturated rings. The molecule has 4 nitrogen and oxygen atoms in total. The highest BCUT2D eigenvalue weighted by atomic mass is 79.9. The van der Waals surface area contributed by atoms with Crippen molar-refractivity contribution >= 4 is 15.9 Å². The summed E-state index contributed by atoms with van der Waals surface area (Å²) >= 11 is 3.42. The zero-order valence-electron chi connectivity index (χ0n) is 12.3. The predicted molar refractivity (Wildman–Crippen MR) is 83.2 cm³/mol. The first-order valence-corrected chi connectivity index (χ1v) is 7.50. The van der Waals surface area contributed by atoms with Gasteiger partial charge in [-0.1, -0.05) is 27.7 Å². The summed E-state index contributed by atoms with van der Waals surface area (Å²) in [5.41, 5.74) is 1.77. The van der Waals surface area contributed by atoms with E-state index in [1.165, 1.54) is 4.80 Å². The number of benzene rings is 1. The maximum Gasteiger partial charge on any atom is 0.157 e. The quantitative estimate of drug-likeness (QED) is 0.915. The normalized spacial score (nSPS) is 12.1. The summed E-state index contributed by atoms with van der Waals surface area (Å²) in [5, 5.41) is 18.4. The molecule has 0 aliphatic carbocycles. The van der Waals surface area contributed by atoms with Gasteiger partial charge in [0.15, 0.2) is 5.75 Å². The van der Waals surface area contributed by atoms with Crippen molar-refractivity contribution < 1.29 is 5.11 Å². The van der Waals surface area contributed by atoms with Gasteiger partial charge in [0, 0.05) is 0 Å². The number of aromatic nitrogens is 3. The first-order valence-electron chi connectivity index (χ1n) is 6.71. The Bertz CT molecular complexity index is 591. The smallest absolute Gasteiger partial charge is 0.157 e. The highest BCUT2D eigenvalue weighted by Gasteiger charge is 2.24. The van der Waals surface area contributed by atoms with Gasteiger partial charge in [-0.3, -0.25) is 0 Å². The standard InChI is InChI=1S/C15H20BrN3O/c1-10(2)9-15(3,4)11-7-12(16)14(20)13(8-11)19-17-5-6-18-19/h5-8,10,20H,9H2,1-4H3. The molecular formula is C15H20BrN3O. The second kappa shape index (κ2) is 5.56. The van der Waals surface area contributed by atoms with Crippen molar-refractivity contribution in [2.24, 2.45) is 5.92 Å². The number of aromatic hydroxyl groups is 1. The van der Waals surface area contributed by atoms with Crippen molar-refractivity contribution in [2.45, 2.75) is 39.5 Å². The van der Waals surface area contributed by atoms with E-state index in [1.807, 2.05) is 12.1 Å². The minimum absolute atomic E-state index is 0.0201. The maximum absolute atomic E-state index is 10.2. The summed E-state index contributed by atoms with van der Waals surface area (Å²) in [6, 6.07) is 3.94. The van der Waals surface area contributed by atoms with Crippen LogP contribution >= 0.6 is 15.9 Å². The van der Waals surface area contributed by atoms with E-state index in [0.29, 0.717) is 16.1 Å². The molecule has 0 aliphatic heterocycles. The van der Waals surface area contributed by atoms with E-state index in [4.69, 9.17) is 0 Å². The first-order chi connectivity index (χ1) is 9.31. The lowest BCUT2D eigenvalue weighted by Gasteiger charge is -2.28. The summed E-state index contributed by atoms with van der Waals surface area (Å²) in [6.07, 6.45) is 4.26. The molecule has 1 N–H and O–H groups in total. The molecule has 108 valence electrons. The van der Waals surface area contributed by atoms with Gasteiger partial charge in [0.2, 0.25) is 0 Å². The van der Waals surface area contributed by atoms with Gasteiger partial charge in [-0.2, -0.15) is 10.2 Å². The molecule has 0 saturated heterocycles. The van der Waals surface area contributed by atoms with Crippen LogP contribution in [0.2, 0.25) is 0 Å². The lowest BCUT2D eigenvalue weighted by Crippen LogP contribution is -2.20. The molecule has 0 bridgehead atoms. The predicted octanol–water partition coefficient (Wildman–Crippen LogP) is 4.06. The molecule has 0 atom stereocenters. The Morgan fingerprint density at radius 1 is 1.25 bits per heavy atom. The van der Waals surface area contributed by atoms with E-state index in [2.05, 4.69) is 53.8 Å². The average Bonchev–Trinajstić information content (AvgIpc) is 2.84. The molecule has 0 unspecified atom stereocenters. The molecule has 0 amide bonds. The van der Waals surface area contributed by atoms with Gasteiger partial charge in [-0.25, -0.2) is 0 Å². The Morgan fingerprint density at radius 3 is 2.40 bits per heavy atom. The van der Waals surface area contributed by atoms with Crippen LogP contribution < -0.4 is 0 Å². The highest BCUT2D eigenvalue weighted by Crippen LogP contribution is 2.38. The van der Waals surface area contributed by atoms with Crippen molar-refractivity contribution in [3.05, 3.63) is 34.6 Å². The molecule has 1 heterocycles. The number of rotatable bonds is 4. The first kappa shape index (κ1) is 15.0. The third kappa shape index (κ3) is 3.03. The topological polar surface area (TPSA) is 50.9 Å². The van der Waals surface area contributed by atoms with Gasteiger partial charge < -0.3 is 5.11 Å². The van der Waals surface area contributed by atoms with E-state index in [-0.39, 0.29) is 11.2 Å². The molecular weight excluding hydrogens is 318 g/mol. The van der Waals surface area contributed by atoms with Crippen LogP contribution in [0.4, 0.5) is 0 Å². The largest absolute Gasteiger partial charge is 0.505 e. The second-order valence-corrected chi connectivity index (χ2v) is 6.98. The lowest BCUT2D eigenvalue weighted by atomic mass is 9.78. The molecule has 0 spiro atoms. The maximum atomic E-state index is 10.2. The van der Waals surface area contributed by atoms with Crippen molar-refractivity contribution in [2.75, 3.05) is 0 Å². The van der Waals surface area contributed by atoms with Gasteiger partial charge in [0.05, 0.1) is 16.9 Å². The van der Waals surface area contributed by atoms with Crippen LogP contribution in [0.3, 0.4) is 0 Å². The molecule has 0 saturated carbocycles. The number of halogens is 1. The van der Waals surface area contributed by atoms with Crippen LogP contribution in [0.25, 0.3) is 5.69 Å². The van der Waals surface area contributed by atoms with Crippen LogP contribution in [-0.2, 0) is 5.41 Å². The van der Waals surface area contributed by atoms with E-state index in [1.54, 1.807) is 12.4 Å². The van der Waals surface area contributed by atoms with Gasteiger partial charge in [-0.15, -0.1) is 4.80 Å². The monoisotopic (exact) mass is 337 g/mol. The number of phenolic OH excluding ortho intramolecular Hbond substituents is 1. The van der Waals surface area contributed by atoms with Crippen molar-refractivity contribution in [1.82, 2.24) is 15.0 Å². The van der Waals surface area contributed by atoms with Gasteiger partial charge in [0.1, 0.15) is 5.69 Å². The fourth-order valence-corrected chi connectivity index (χ4v) is 3.06. The van der Waals surface area contributed by atoms with Gasteiger partial charge >= 0.3 is 0 Å². The van der Waals surface area contributed by atoms with Crippen LogP contribution in [0.5, 0.6) is 5.75 Å². The minimum atomic E-state index is 0.0201. The van der Waals surface area contributed by atoms with Gasteiger partial charge in [0.25, 0.3) is 0 Å².